The van der Waals surface area contributed by atoms with Gasteiger partial charge in [-0.25, -0.2) is 0 Å². The summed E-state index contributed by atoms with van der Waals surface area (Å²) in [4.78, 5) is 16.8. The molecule has 0 spiro atoms. The first kappa shape index (κ1) is 13.1. The highest BCUT2D eigenvalue weighted by Gasteiger charge is 2.21. The first-order chi connectivity index (χ1) is 8.69. The summed E-state index contributed by atoms with van der Waals surface area (Å²) >= 11 is 1.69. The normalized spacial score (nSPS) is 16.6. The van der Waals surface area contributed by atoms with E-state index in [1.165, 1.54) is 4.88 Å². The van der Waals surface area contributed by atoms with E-state index in [0.29, 0.717) is 13.1 Å². The Bertz CT molecular complexity index is 486. The number of likely N-dealkylation sites (N-methyl/N-ethyl adjacent to an activating group) is 1. The van der Waals surface area contributed by atoms with Gasteiger partial charge in [0.05, 0.1) is 13.1 Å². The number of rotatable bonds is 2. The highest BCUT2D eigenvalue weighted by Crippen LogP contribution is 2.17. The highest BCUT2D eigenvalue weighted by molar-refractivity contribution is 7.10. The minimum atomic E-state index is 0.195. The Hall–Kier alpha value is -1.35. The molecule has 1 fully saturated rings. The van der Waals surface area contributed by atoms with Crippen LogP contribution < -0.4 is 5.73 Å². The molecule has 1 amide bonds. The van der Waals surface area contributed by atoms with Crippen LogP contribution in [-0.4, -0.2) is 48.9 Å². The molecule has 0 radical (unpaired) electrons. The van der Waals surface area contributed by atoms with E-state index in [4.69, 9.17) is 5.73 Å². The number of nitrogens with zero attached hydrogens (tertiary/aromatic N) is 2. The average molecular weight is 263 g/mol. The fourth-order valence-corrected chi connectivity index (χ4v) is 2.70. The lowest BCUT2D eigenvalue weighted by atomic mass is 10.2. The fourth-order valence-electron chi connectivity index (χ4n) is 1.84. The molecule has 0 aromatic carbocycles. The molecule has 5 heteroatoms. The molecule has 1 aromatic rings. The van der Waals surface area contributed by atoms with Crippen molar-refractivity contribution in [2.24, 2.45) is 5.73 Å². The molecule has 1 aliphatic heterocycles. The van der Waals surface area contributed by atoms with Crippen LogP contribution in [0.1, 0.15) is 10.4 Å². The van der Waals surface area contributed by atoms with Gasteiger partial charge in [-0.2, -0.15) is 0 Å². The van der Waals surface area contributed by atoms with E-state index < -0.39 is 0 Å². The van der Waals surface area contributed by atoms with E-state index >= 15 is 0 Å². The first-order valence-corrected chi connectivity index (χ1v) is 6.79. The Labute approximate surface area is 111 Å². The molecule has 1 aromatic heterocycles. The van der Waals surface area contributed by atoms with Crippen LogP contribution in [0.25, 0.3) is 0 Å². The van der Waals surface area contributed by atoms with Gasteiger partial charge in [-0.15, -0.1) is 11.3 Å². The van der Waals surface area contributed by atoms with Crippen molar-refractivity contribution in [2.75, 3.05) is 33.2 Å². The van der Waals surface area contributed by atoms with E-state index in [9.17, 15) is 4.79 Å². The van der Waals surface area contributed by atoms with Crippen LogP contribution in [0.2, 0.25) is 0 Å². The standard InChI is InChI=1S/C13H17N3OS/c1-15-5-6-16(9-13(15)17)8-12-7-11(10-18-12)3-2-4-14/h7,10H,4-6,8-9,14H2,1H3. The molecular weight excluding hydrogens is 246 g/mol. The van der Waals surface area contributed by atoms with Gasteiger partial charge >= 0.3 is 0 Å². The van der Waals surface area contributed by atoms with Gasteiger partial charge in [-0.1, -0.05) is 11.8 Å². The van der Waals surface area contributed by atoms with E-state index in [1.54, 1.807) is 16.2 Å². The average Bonchev–Trinajstić information content (AvgIpc) is 2.79. The van der Waals surface area contributed by atoms with Crippen molar-refractivity contribution in [3.8, 4) is 11.8 Å². The number of carbonyl (C=O) groups excluding carboxylic acids is 1. The molecular formula is C13H17N3OS. The number of piperazine rings is 1. The summed E-state index contributed by atoms with van der Waals surface area (Å²) in [5.41, 5.74) is 6.36. The summed E-state index contributed by atoms with van der Waals surface area (Å²) in [5, 5.41) is 2.04. The van der Waals surface area contributed by atoms with Crippen LogP contribution in [0.4, 0.5) is 0 Å². The second kappa shape index (κ2) is 6.01. The molecule has 0 unspecified atom stereocenters. The van der Waals surface area contributed by atoms with Gasteiger partial charge in [0, 0.05) is 42.5 Å². The molecule has 0 bridgehead atoms. The number of nitrogens with two attached hydrogens (primary N) is 1. The Morgan fingerprint density at radius 3 is 3.06 bits per heavy atom. The molecule has 0 saturated carbocycles. The maximum Gasteiger partial charge on any atom is 0.236 e. The van der Waals surface area contributed by atoms with Crippen molar-refractivity contribution in [3.05, 3.63) is 21.9 Å². The van der Waals surface area contributed by atoms with Crippen LogP contribution in [0.5, 0.6) is 0 Å². The molecule has 18 heavy (non-hydrogen) atoms. The largest absolute Gasteiger partial charge is 0.343 e. The molecule has 1 aliphatic rings. The second-order valence-corrected chi connectivity index (χ2v) is 5.33. The molecule has 0 atom stereocenters. The quantitative estimate of drug-likeness (QED) is 0.783. The van der Waals surface area contributed by atoms with Gasteiger partial charge in [0.15, 0.2) is 0 Å². The first-order valence-electron chi connectivity index (χ1n) is 5.91. The van der Waals surface area contributed by atoms with Crippen LogP contribution >= 0.6 is 11.3 Å². The van der Waals surface area contributed by atoms with Gasteiger partial charge in [0.2, 0.25) is 5.91 Å². The van der Waals surface area contributed by atoms with Gasteiger partial charge in [0.25, 0.3) is 0 Å². The number of hydrogen-bond acceptors (Lipinski definition) is 4. The molecule has 1 saturated heterocycles. The summed E-state index contributed by atoms with van der Waals surface area (Å²) < 4.78 is 0. The van der Waals surface area contributed by atoms with Crippen molar-refractivity contribution in [2.45, 2.75) is 6.54 Å². The van der Waals surface area contributed by atoms with Crippen molar-refractivity contribution in [1.82, 2.24) is 9.80 Å². The molecule has 4 nitrogen and oxygen atoms in total. The Morgan fingerprint density at radius 2 is 2.33 bits per heavy atom. The van der Waals surface area contributed by atoms with E-state index in [0.717, 1.165) is 25.2 Å². The zero-order valence-electron chi connectivity index (χ0n) is 10.5. The number of hydrogen-bond donors (Lipinski definition) is 1. The second-order valence-electron chi connectivity index (χ2n) is 4.33. The topological polar surface area (TPSA) is 49.6 Å². The van der Waals surface area contributed by atoms with Gasteiger partial charge in [-0.3, -0.25) is 9.69 Å². The lowest BCUT2D eigenvalue weighted by Gasteiger charge is -2.31. The lowest BCUT2D eigenvalue weighted by Crippen LogP contribution is -2.47. The Balaban J connectivity index is 1.93. The SMILES string of the molecule is CN1CCN(Cc2cc(C#CCN)cs2)CC1=O. The van der Waals surface area contributed by atoms with Gasteiger partial charge in [-0.05, 0) is 6.07 Å². The molecule has 96 valence electrons. The van der Waals surface area contributed by atoms with Crippen molar-refractivity contribution in [1.29, 1.82) is 0 Å². The maximum absolute atomic E-state index is 11.6. The minimum absolute atomic E-state index is 0.195. The molecule has 2 rings (SSSR count). The predicted octanol–water partition coefficient (Wildman–Crippen LogP) is 0.332. The van der Waals surface area contributed by atoms with Crippen LogP contribution in [0, 0.1) is 11.8 Å². The zero-order valence-corrected chi connectivity index (χ0v) is 11.3. The van der Waals surface area contributed by atoms with Crippen molar-refractivity contribution in [3.63, 3.8) is 0 Å². The third kappa shape index (κ3) is 3.33. The summed E-state index contributed by atoms with van der Waals surface area (Å²) in [7, 11) is 1.85. The van der Waals surface area contributed by atoms with Gasteiger partial charge < -0.3 is 10.6 Å². The third-order valence-electron chi connectivity index (χ3n) is 2.90. The Kier molecular flexibility index (Phi) is 4.37. The molecule has 0 aliphatic carbocycles. The van der Waals surface area contributed by atoms with Crippen LogP contribution in [0.3, 0.4) is 0 Å². The summed E-state index contributed by atoms with van der Waals surface area (Å²) in [6, 6.07) is 2.08. The van der Waals surface area contributed by atoms with Crippen LogP contribution in [0.15, 0.2) is 11.4 Å². The van der Waals surface area contributed by atoms with Crippen molar-refractivity contribution >= 4 is 17.2 Å². The molecule has 2 N–H and O–H groups in total. The maximum atomic E-state index is 11.6. The summed E-state index contributed by atoms with van der Waals surface area (Å²) in [6.07, 6.45) is 0. The van der Waals surface area contributed by atoms with Crippen molar-refractivity contribution < 1.29 is 4.79 Å². The summed E-state index contributed by atoms with van der Waals surface area (Å²) in [5.74, 6) is 6.06. The van der Waals surface area contributed by atoms with E-state index in [-0.39, 0.29) is 5.91 Å². The van der Waals surface area contributed by atoms with Crippen LogP contribution in [-0.2, 0) is 11.3 Å². The third-order valence-corrected chi connectivity index (χ3v) is 3.83. The number of thiophene rings is 1. The lowest BCUT2D eigenvalue weighted by molar-refractivity contribution is -0.134. The monoisotopic (exact) mass is 263 g/mol. The summed E-state index contributed by atoms with van der Waals surface area (Å²) in [6.45, 7) is 3.47. The number of amides is 1. The molecule has 2 heterocycles. The van der Waals surface area contributed by atoms with Gasteiger partial charge in [0.1, 0.15) is 0 Å². The number of carbonyl (C=O) groups is 1. The fraction of sp³-hybridized carbons (Fsp3) is 0.462. The zero-order chi connectivity index (χ0) is 13.0. The van der Waals surface area contributed by atoms with E-state index in [2.05, 4.69) is 22.8 Å². The Morgan fingerprint density at radius 1 is 1.50 bits per heavy atom. The minimum Gasteiger partial charge on any atom is -0.343 e. The van der Waals surface area contributed by atoms with E-state index in [1.807, 2.05) is 12.4 Å². The smallest absolute Gasteiger partial charge is 0.236 e. The predicted molar refractivity (Wildman–Crippen MR) is 73.2 cm³/mol. The highest BCUT2D eigenvalue weighted by atomic mass is 32.1.